The average Bonchev–Trinajstić information content (AvgIpc) is 3.31. The largest absolute Gasteiger partial charge is 0.352 e. The van der Waals surface area contributed by atoms with Gasteiger partial charge >= 0.3 is 0 Å². The molecule has 4 heteroatoms. The van der Waals surface area contributed by atoms with E-state index in [1.807, 2.05) is 24.3 Å². The van der Waals surface area contributed by atoms with Crippen LogP contribution in [0.2, 0.25) is 0 Å². The van der Waals surface area contributed by atoms with E-state index >= 15 is 0 Å². The normalized spacial score (nSPS) is 17.3. The van der Waals surface area contributed by atoms with Gasteiger partial charge < -0.3 is 10.6 Å². The summed E-state index contributed by atoms with van der Waals surface area (Å²) in [6, 6.07) is 8.01. The van der Waals surface area contributed by atoms with Crippen LogP contribution in [-0.4, -0.2) is 11.8 Å². The van der Waals surface area contributed by atoms with Gasteiger partial charge in [-0.1, -0.05) is 48.6 Å². The fourth-order valence-electron chi connectivity index (χ4n) is 3.18. The zero-order valence-electron chi connectivity index (χ0n) is 13.8. The van der Waals surface area contributed by atoms with Crippen LogP contribution >= 0.6 is 0 Å². The Balaban J connectivity index is 1.46. The van der Waals surface area contributed by atoms with Crippen molar-refractivity contribution in [2.75, 3.05) is 0 Å². The van der Waals surface area contributed by atoms with Gasteiger partial charge in [0.15, 0.2) is 0 Å². The Morgan fingerprint density at radius 2 is 1.21 bits per heavy atom. The molecule has 0 atom stereocenters. The van der Waals surface area contributed by atoms with Crippen LogP contribution in [0.15, 0.2) is 48.6 Å². The molecule has 2 aliphatic carbocycles. The third-order valence-corrected chi connectivity index (χ3v) is 4.68. The number of hydrogen-bond acceptors (Lipinski definition) is 2. The fourth-order valence-corrected chi connectivity index (χ4v) is 3.18. The van der Waals surface area contributed by atoms with Crippen molar-refractivity contribution < 1.29 is 9.59 Å². The molecule has 0 aromatic heterocycles. The molecule has 24 heavy (non-hydrogen) atoms. The molecule has 1 aromatic rings. The molecule has 0 spiro atoms. The van der Waals surface area contributed by atoms with Gasteiger partial charge in [-0.3, -0.25) is 9.59 Å². The van der Waals surface area contributed by atoms with E-state index in [0.29, 0.717) is 13.1 Å². The number of nitrogens with one attached hydrogen (secondary N) is 2. The first-order valence-electron chi connectivity index (χ1n) is 8.65. The number of rotatable bonds is 6. The van der Waals surface area contributed by atoms with Crippen molar-refractivity contribution in [3.05, 3.63) is 59.7 Å². The second-order valence-corrected chi connectivity index (χ2v) is 6.54. The first kappa shape index (κ1) is 16.5. The van der Waals surface area contributed by atoms with Gasteiger partial charge in [0, 0.05) is 24.9 Å². The third kappa shape index (κ3) is 4.34. The molecule has 126 valence electrons. The molecule has 0 saturated heterocycles. The molecule has 0 saturated carbocycles. The lowest BCUT2D eigenvalue weighted by molar-refractivity contribution is -0.125. The van der Waals surface area contributed by atoms with E-state index < -0.39 is 0 Å². The molecule has 0 radical (unpaired) electrons. The summed E-state index contributed by atoms with van der Waals surface area (Å²) in [5.74, 6) is 0.417. The Morgan fingerprint density at radius 3 is 1.62 bits per heavy atom. The quantitative estimate of drug-likeness (QED) is 0.791. The Morgan fingerprint density at radius 1 is 0.792 bits per heavy atom. The summed E-state index contributed by atoms with van der Waals surface area (Å²) in [6.45, 7) is 1.06. The minimum absolute atomic E-state index is 0.0903. The third-order valence-electron chi connectivity index (χ3n) is 4.68. The van der Waals surface area contributed by atoms with Gasteiger partial charge in [0.25, 0.3) is 0 Å². The van der Waals surface area contributed by atoms with Crippen molar-refractivity contribution in [2.45, 2.75) is 38.8 Å². The second kappa shape index (κ2) is 7.95. The predicted octanol–water partition coefficient (Wildman–Crippen LogP) is 2.85. The second-order valence-electron chi connectivity index (χ2n) is 6.54. The zero-order chi connectivity index (χ0) is 16.8. The Labute approximate surface area is 143 Å². The first-order chi connectivity index (χ1) is 11.7. The van der Waals surface area contributed by atoms with Crippen LogP contribution in [0, 0.1) is 11.8 Å². The maximum Gasteiger partial charge on any atom is 0.224 e. The Hall–Kier alpha value is -2.36. The number of hydrogen-bond donors (Lipinski definition) is 2. The van der Waals surface area contributed by atoms with Gasteiger partial charge in [-0.25, -0.2) is 0 Å². The van der Waals surface area contributed by atoms with E-state index in [-0.39, 0.29) is 23.7 Å². The van der Waals surface area contributed by atoms with Crippen LogP contribution in [0.5, 0.6) is 0 Å². The zero-order valence-corrected chi connectivity index (χ0v) is 13.8. The highest BCUT2D eigenvalue weighted by Crippen LogP contribution is 2.18. The van der Waals surface area contributed by atoms with Gasteiger partial charge in [-0.05, 0) is 36.8 Å². The van der Waals surface area contributed by atoms with Gasteiger partial charge in [-0.2, -0.15) is 0 Å². The molecule has 0 fully saturated rings. The van der Waals surface area contributed by atoms with Crippen LogP contribution in [0.25, 0.3) is 0 Å². The molecule has 0 bridgehead atoms. The van der Waals surface area contributed by atoms with E-state index in [1.165, 1.54) is 0 Å². The standard InChI is InChI=1S/C20H24N2O2/c23-19(17-8-1-2-9-17)21-13-15-6-5-7-16(12-15)14-22-20(24)18-10-3-4-11-18/h1-7,12,17-18H,8-11,13-14H2,(H,21,23)(H,22,24). The van der Waals surface area contributed by atoms with Gasteiger partial charge in [-0.15, -0.1) is 0 Å². The summed E-state index contributed by atoms with van der Waals surface area (Å²) in [7, 11) is 0. The highest BCUT2D eigenvalue weighted by Gasteiger charge is 2.19. The van der Waals surface area contributed by atoms with Gasteiger partial charge in [0.2, 0.25) is 11.8 Å². The van der Waals surface area contributed by atoms with Crippen molar-refractivity contribution in [1.29, 1.82) is 0 Å². The highest BCUT2D eigenvalue weighted by atomic mass is 16.2. The van der Waals surface area contributed by atoms with E-state index in [1.54, 1.807) is 0 Å². The predicted molar refractivity (Wildman–Crippen MR) is 93.9 cm³/mol. The molecule has 0 aliphatic heterocycles. The van der Waals surface area contributed by atoms with Crippen molar-refractivity contribution in [1.82, 2.24) is 10.6 Å². The number of carbonyl (C=O) groups is 2. The summed E-state index contributed by atoms with van der Waals surface area (Å²) in [4.78, 5) is 24.1. The van der Waals surface area contributed by atoms with Crippen molar-refractivity contribution in [2.24, 2.45) is 11.8 Å². The number of benzene rings is 1. The number of carbonyl (C=O) groups excluding carboxylic acids is 2. The van der Waals surface area contributed by atoms with Crippen LogP contribution in [0.1, 0.15) is 36.8 Å². The topological polar surface area (TPSA) is 58.2 Å². The first-order valence-corrected chi connectivity index (χ1v) is 8.65. The Bertz CT molecular complexity index is 594. The van der Waals surface area contributed by atoms with Crippen molar-refractivity contribution in [3.63, 3.8) is 0 Å². The maximum absolute atomic E-state index is 12.1. The minimum atomic E-state index is 0.0903. The molecule has 2 aliphatic rings. The van der Waals surface area contributed by atoms with E-state index in [4.69, 9.17) is 0 Å². The van der Waals surface area contributed by atoms with Crippen LogP contribution in [-0.2, 0) is 22.7 Å². The molecule has 3 rings (SSSR count). The number of allylic oxidation sites excluding steroid dienone is 4. The molecule has 0 heterocycles. The van der Waals surface area contributed by atoms with Crippen molar-refractivity contribution in [3.8, 4) is 0 Å². The van der Waals surface area contributed by atoms with Crippen LogP contribution in [0.3, 0.4) is 0 Å². The molecule has 1 aromatic carbocycles. The summed E-state index contributed by atoms with van der Waals surface area (Å²) in [6.07, 6.45) is 11.6. The molecular weight excluding hydrogens is 300 g/mol. The highest BCUT2D eigenvalue weighted by molar-refractivity contribution is 5.80. The Kier molecular flexibility index (Phi) is 5.47. The minimum Gasteiger partial charge on any atom is -0.352 e. The molecule has 2 amide bonds. The van der Waals surface area contributed by atoms with Crippen molar-refractivity contribution >= 4 is 11.8 Å². The van der Waals surface area contributed by atoms with E-state index in [9.17, 15) is 9.59 Å². The smallest absolute Gasteiger partial charge is 0.224 e. The number of amides is 2. The van der Waals surface area contributed by atoms with Crippen LogP contribution in [0.4, 0.5) is 0 Å². The molecule has 2 N–H and O–H groups in total. The lowest BCUT2D eigenvalue weighted by Crippen LogP contribution is -2.29. The van der Waals surface area contributed by atoms with Gasteiger partial charge in [0.1, 0.15) is 0 Å². The lowest BCUT2D eigenvalue weighted by Gasteiger charge is -2.13. The SMILES string of the molecule is O=C(NCc1cccc(CNC(=O)C2CC=CC2)c1)C1CC=CC1. The van der Waals surface area contributed by atoms with E-state index in [2.05, 4.69) is 34.9 Å². The lowest BCUT2D eigenvalue weighted by atomic mass is 10.1. The summed E-state index contributed by atoms with van der Waals surface area (Å²) < 4.78 is 0. The average molecular weight is 324 g/mol. The van der Waals surface area contributed by atoms with Crippen LogP contribution < -0.4 is 10.6 Å². The van der Waals surface area contributed by atoms with Gasteiger partial charge in [0.05, 0.1) is 0 Å². The molecule has 0 unspecified atom stereocenters. The summed E-state index contributed by atoms with van der Waals surface area (Å²) in [5.41, 5.74) is 2.12. The monoisotopic (exact) mass is 324 g/mol. The fraction of sp³-hybridized carbons (Fsp3) is 0.400. The summed E-state index contributed by atoms with van der Waals surface area (Å²) in [5, 5.41) is 6.01. The maximum atomic E-state index is 12.1. The molecular formula is C20H24N2O2. The summed E-state index contributed by atoms with van der Waals surface area (Å²) >= 11 is 0. The van der Waals surface area contributed by atoms with E-state index in [0.717, 1.165) is 36.8 Å². The molecule has 4 nitrogen and oxygen atoms in total.